The molecule has 20 heavy (non-hydrogen) atoms. The molecule has 0 saturated heterocycles. The van der Waals surface area contributed by atoms with Crippen molar-refractivity contribution in [3.05, 3.63) is 35.4 Å². The molecule has 0 saturated carbocycles. The predicted octanol–water partition coefficient (Wildman–Crippen LogP) is 2.38. The number of likely N-dealkylation sites (N-methyl/N-ethyl adjacent to an activating group) is 1. The van der Waals surface area contributed by atoms with E-state index in [1.165, 1.54) is 17.4 Å². The van der Waals surface area contributed by atoms with E-state index < -0.39 is 6.09 Å². The first-order valence-corrected chi connectivity index (χ1v) is 6.62. The van der Waals surface area contributed by atoms with Gasteiger partial charge in [-0.3, -0.25) is 4.79 Å². The van der Waals surface area contributed by atoms with Crippen molar-refractivity contribution in [1.82, 2.24) is 4.90 Å². The van der Waals surface area contributed by atoms with Gasteiger partial charge in [0.2, 0.25) is 0 Å². The summed E-state index contributed by atoms with van der Waals surface area (Å²) in [6.45, 7) is 4.14. The van der Waals surface area contributed by atoms with Gasteiger partial charge < -0.3 is 14.4 Å². The van der Waals surface area contributed by atoms with Crippen molar-refractivity contribution in [2.24, 2.45) is 0 Å². The number of carbonyl (C=O) groups excluding carboxylic acids is 2. The highest BCUT2D eigenvalue weighted by molar-refractivity contribution is 5.67. The lowest BCUT2D eigenvalue weighted by molar-refractivity contribution is -0.141. The Balaban J connectivity index is 2.32. The van der Waals surface area contributed by atoms with Gasteiger partial charge in [-0.25, -0.2) is 4.79 Å². The van der Waals surface area contributed by atoms with Crippen molar-refractivity contribution in [3.8, 4) is 0 Å². The summed E-state index contributed by atoms with van der Waals surface area (Å²) in [5.74, 6) is -0.359. The van der Waals surface area contributed by atoms with E-state index in [4.69, 9.17) is 9.47 Å². The first-order valence-electron chi connectivity index (χ1n) is 6.62. The molecular weight excluding hydrogens is 258 g/mol. The van der Waals surface area contributed by atoms with Crippen molar-refractivity contribution in [3.63, 3.8) is 0 Å². The monoisotopic (exact) mass is 279 g/mol. The molecule has 0 atom stereocenters. The Kier molecular flexibility index (Phi) is 6.56. The molecular formula is C15H21NO4. The molecule has 0 bridgehead atoms. The summed E-state index contributed by atoms with van der Waals surface area (Å²) in [5.41, 5.74) is 2.20. The third-order valence-corrected chi connectivity index (χ3v) is 2.84. The van der Waals surface area contributed by atoms with Crippen molar-refractivity contribution >= 4 is 12.1 Å². The van der Waals surface area contributed by atoms with E-state index in [1.54, 1.807) is 7.05 Å². The smallest absolute Gasteiger partial charge is 0.409 e. The number of ether oxygens (including phenoxy) is 2. The molecule has 0 aliphatic rings. The molecule has 0 heterocycles. The molecule has 0 aliphatic heterocycles. The van der Waals surface area contributed by atoms with Crippen LogP contribution in [0.3, 0.4) is 0 Å². The molecule has 0 unspecified atom stereocenters. The summed E-state index contributed by atoms with van der Waals surface area (Å²) >= 11 is 0. The Morgan fingerprint density at radius 2 is 1.70 bits per heavy atom. The van der Waals surface area contributed by atoms with Crippen LogP contribution in [0.15, 0.2) is 24.3 Å². The van der Waals surface area contributed by atoms with Crippen LogP contribution in [0.2, 0.25) is 0 Å². The summed E-state index contributed by atoms with van der Waals surface area (Å²) in [6, 6.07) is 7.94. The molecule has 1 amide bonds. The number of nitrogens with zero attached hydrogens (tertiary/aromatic N) is 1. The molecule has 1 rings (SSSR count). The third-order valence-electron chi connectivity index (χ3n) is 2.84. The number of carbonyl (C=O) groups is 2. The van der Waals surface area contributed by atoms with Gasteiger partial charge in [0, 0.05) is 14.0 Å². The molecule has 0 N–H and O–H groups in total. The Labute approximate surface area is 119 Å². The first kappa shape index (κ1) is 16.0. The van der Waals surface area contributed by atoms with E-state index in [-0.39, 0.29) is 19.2 Å². The average molecular weight is 279 g/mol. The maximum absolute atomic E-state index is 11.7. The highest BCUT2D eigenvalue weighted by atomic mass is 16.6. The lowest BCUT2D eigenvalue weighted by Gasteiger charge is -2.16. The molecule has 0 aromatic heterocycles. The lowest BCUT2D eigenvalue weighted by Crippen LogP contribution is -2.31. The largest absolute Gasteiger partial charge is 0.464 e. The molecule has 110 valence electrons. The zero-order chi connectivity index (χ0) is 15.0. The van der Waals surface area contributed by atoms with Crippen LogP contribution >= 0.6 is 0 Å². The number of hydrogen-bond acceptors (Lipinski definition) is 4. The number of rotatable bonds is 6. The molecule has 1 aromatic rings. The second-order valence-corrected chi connectivity index (χ2v) is 4.49. The zero-order valence-corrected chi connectivity index (χ0v) is 12.2. The quantitative estimate of drug-likeness (QED) is 0.750. The van der Waals surface area contributed by atoms with Crippen LogP contribution in [0.5, 0.6) is 0 Å². The van der Waals surface area contributed by atoms with Crippen molar-refractivity contribution in [1.29, 1.82) is 0 Å². The maximum Gasteiger partial charge on any atom is 0.409 e. The van der Waals surface area contributed by atoms with Gasteiger partial charge >= 0.3 is 12.1 Å². The van der Waals surface area contributed by atoms with Gasteiger partial charge in [0.05, 0.1) is 6.54 Å². The number of hydrogen-bond donors (Lipinski definition) is 0. The van der Waals surface area contributed by atoms with Gasteiger partial charge in [-0.05, 0) is 17.5 Å². The van der Waals surface area contributed by atoms with Gasteiger partial charge in [0.1, 0.15) is 13.2 Å². The topological polar surface area (TPSA) is 55.8 Å². The average Bonchev–Trinajstić information content (AvgIpc) is 2.44. The molecule has 0 aliphatic carbocycles. The Hall–Kier alpha value is -2.04. The van der Waals surface area contributed by atoms with Crippen molar-refractivity contribution in [2.45, 2.75) is 26.9 Å². The number of benzene rings is 1. The summed E-state index contributed by atoms with van der Waals surface area (Å²) in [6.07, 6.45) is 0.551. The number of aryl methyl sites for hydroxylation is 1. The van der Waals surface area contributed by atoms with Crippen molar-refractivity contribution < 1.29 is 19.1 Å². The summed E-state index contributed by atoms with van der Waals surface area (Å²) in [5, 5.41) is 0. The van der Waals surface area contributed by atoms with Crippen molar-refractivity contribution in [2.75, 3.05) is 20.2 Å². The highest BCUT2D eigenvalue weighted by Crippen LogP contribution is 2.07. The standard InChI is InChI=1S/C15H21NO4/c1-4-13-5-7-14(8-6-13)11-20-15(18)16(3)9-10-19-12(2)17/h5-8H,4,9-11H2,1-3H3. The van der Waals surface area contributed by atoms with Crippen LogP contribution < -0.4 is 0 Å². The van der Waals surface area contributed by atoms with Crippen LogP contribution in [-0.2, 0) is 27.3 Å². The third kappa shape index (κ3) is 5.73. The van der Waals surface area contributed by atoms with E-state index in [9.17, 15) is 9.59 Å². The van der Waals surface area contributed by atoms with Gasteiger partial charge in [-0.1, -0.05) is 31.2 Å². The highest BCUT2D eigenvalue weighted by Gasteiger charge is 2.10. The van der Waals surface area contributed by atoms with E-state index in [1.807, 2.05) is 24.3 Å². The Morgan fingerprint density at radius 3 is 2.25 bits per heavy atom. The van der Waals surface area contributed by atoms with Gasteiger partial charge in [0.25, 0.3) is 0 Å². The maximum atomic E-state index is 11.7. The van der Waals surface area contributed by atoms with Crippen LogP contribution in [0.1, 0.15) is 25.0 Å². The Bertz CT molecular complexity index is 442. The second-order valence-electron chi connectivity index (χ2n) is 4.49. The normalized spacial score (nSPS) is 9.95. The van der Waals surface area contributed by atoms with Gasteiger partial charge in [-0.2, -0.15) is 0 Å². The fourth-order valence-corrected chi connectivity index (χ4v) is 1.54. The molecule has 0 fully saturated rings. The first-order chi connectivity index (χ1) is 9.52. The Morgan fingerprint density at radius 1 is 1.10 bits per heavy atom. The van der Waals surface area contributed by atoms with Crippen LogP contribution in [0.4, 0.5) is 4.79 Å². The molecule has 5 nitrogen and oxygen atoms in total. The molecule has 0 spiro atoms. The van der Waals surface area contributed by atoms with Gasteiger partial charge in [-0.15, -0.1) is 0 Å². The minimum Gasteiger partial charge on any atom is -0.464 e. The van der Waals surface area contributed by atoms with Crippen LogP contribution in [0.25, 0.3) is 0 Å². The number of esters is 1. The van der Waals surface area contributed by atoms with E-state index >= 15 is 0 Å². The summed E-state index contributed by atoms with van der Waals surface area (Å²) < 4.78 is 9.93. The summed E-state index contributed by atoms with van der Waals surface area (Å²) in [4.78, 5) is 23.7. The lowest BCUT2D eigenvalue weighted by atomic mass is 10.1. The van der Waals surface area contributed by atoms with E-state index in [2.05, 4.69) is 6.92 Å². The van der Waals surface area contributed by atoms with Crippen LogP contribution in [-0.4, -0.2) is 37.2 Å². The fraction of sp³-hybridized carbons (Fsp3) is 0.467. The summed E-state index contributed by atoms with van der Waals surface area (Å²) in [7, 11) is 1.60. The second kappa shape index (κ2) is 8.19. The number of amides is 1. The fourth-order valence-electron chi connectivity index (χ4n) is 1.54. The molecule has 1 aromatic carbocycles. The van der Waals surface area contributed by atoms with Gasteiger partial charge in [0.15, 0.2) is 0 Å². The predicted molar refractivity (Wildman–Crippen MR) is 75.3 cm³/mol. The molecule has 5 heteroatoms. The van der Waals surface area contributed by atoms with Crippen LogP contribution in [0, 0.1) is 0 Å². The zero-order valence-electron chi connectivity index (χ0n) is 12.2. The minimum absolute atomic E-state index is 0.173. The SMILES string of the molecule is CCc1ccc(COC(=O)N(C)CCOC(C)=O)cc1. The minimum atomic E-state index is -0.434. The van der Waals surface area contributed by atoms with E-state index in [0.29, 0.717) is 6.54 Å². The van der Waals surface area contributed by atoms with E-state index in [0.717, 1.165) is 12.0 Å². The molecule has 0 radical (unpaired) electrons.